The van der Waals surface area contributed by atoms with E-state index in [1.54, 1.807) is 11.8 Å². The summed E-state index contributed by atoms with van der Waals surface area (Å²) in [5.41, 5.74) is 3.33. The van der Waals surface area contributed by atoms with Crippen molar-refractivity contribution >= 4 is 34.7 Å². The van der Waals surface area contributed by atoms with Gasteiger partial charge in [0.05, 0.1) is 22.8 Å². The number of thioether (sulfide) groups is 2. The highest BCUT2D eigenvalue weighted by molar-refractivity contribution is 8.15. The van der Waals surface area contributed by atoms with Crippen LogP contribution in [-0.4, -0.2) is 33.1 Å². The van der Waals surface area contributed by atoms with Crippen molar-refractivity contribution in [3.8, 4) is 11.5 Å². The molecule has 4 rings (SSSR count). The van der Waals surface area contributed by atoms with Crippen molar-refractivity contribution in [3.05, 3.63) is 70.4 Å². The number of carbonyl (C=O) groups is 2. The second-order valence-electron chi connectivity index (χ2n) is 12.5. The van der Waals surface area contributed by atoms with Crippen molar-refractivity contribution in [1.82, 2.24) is 10.3 Å². The lowest BCUT2D eigenvalue weighted by molar-refractivity contribution is -0.118. The summed E-state index contributed by atoms with van der Waals surface area (Å²) in [5.74, 6) is 2.33. The van der Waals surface area contributed by atoms with Crippen LogP contribution in [0.5, 0.6) is 11.5 Å². The zero-order valence-corrected chi connectivity index (χ0v) is 26.7. The molecule has 1 aliphatic rings. The second-order valence-corrected chi connectivity index (χ2v) is 15.1. The van der Waals surface area contributed by atoms with Crippen LogP contribution in [0, 0.1) is 6.92 Å². The van der Waals surface area contributed by atoms with Crippen LogP contribution in [-0.2, 0) is 28.5 Å². The van der Waals surface area contributed by atoms with Crippen LogP contribution >= 0.6 is 23.5 Å². The summed E-state index contributed by atoms with van der Waals surface area (Å²) >= 11 is 2.71. The van der Waals surface area contributed by atoms with Crippen molar-refractivity contribution in [2.75, 3.05) is 6.61 Å². The van der Waals surface area contributed by atoms with Crippen LogP contribution in [0.3, 0.4) is 0 Å². The van der Waals surface area contributed by atoms with E-state index < -0.39 is 0 Å². The van der Waals surface area contributed by atoms with Gasteiger partial charge in [-0.2, -0.15) is 0 Å². The Bertz CT molecular complexity index is 1380. The number of nitrogens with one attached hydrogen (secondary N) is 1. The molecule has 0 bridgehead atoms. The molecule has 41 heavy (non-hydrogen) atoms. The number of aryl methyl sites for hydroxylation is 1. The molecule has 7 nitrogen and oxygen atoms in total. The maximum absolute atomic E-state index is 11.8. The van der Waals surface area contributed by atoms with Crippen molar-refractivity contribution in [3.63, 3.8) is 0 Å². The predicted molar refractivity (Wildman–Crippen MR) is 165 cm³/mol. The van der Waals surface area contributed by atoms with Gasteiger partial charge in [0.1, 0.15) is 17.3 Å². The Morgan fingerprint density at radius 1 is 1.07 bits per heavy atom. The van der Waals surface area contributed by atoms with Gasteiger partial charge in [-0.25, -0.2) is 4.98 Å². The Balaban J connectivity index is 1.37. The molecule has 9 heteroatoms. The third kappa shape index (κ3) is 7.68. The van der Waals surface area contributed by atoms with Gasteiger partial charge in [-0.05, 0) is 60.9 Å². The number of phenols is 1. The molecule has 2 unspecified atom stereocenters. The number of aromatic nitrogens is 1. The first-order valence-electron chi connectivity index (χ1n) is 13.9. The molecule has 2 atom stereocenters. The van der Waals surface area contributed by atoms with Gasteiger partial charge in [-0.15, -0.1) is 11.8 Å². The first-order valence-corrected chi connectivity index (χ1v) is 15.6. The highest BCUT2D eigenvalue weighted by Crippen LogP contribution is 2.44. The standard InChI is InChI=1S/C32H40N2O5S2/c1-18-25(13-14-38-21-11-9-20(10-12-21)15-26-28(36)34-30(37)41-26)33-29(39-18)19(2)40-22-16-23(31(3,4)5)27(35)24(17-22)32(6,7)8/h9-12,16-17,19,26,35H,13-15H2,1-8H3,(H,34,36,37). The molecule has 0 spiro atoms. The smallest absolute Gasteiger partial charge is 0.286 e. The molecule has 3 aromatic rings. The number of nitrogens with zero attached hydrogens (tertiary/aromatic N) is 1. The number of carbonyl (C=O) groups excluding carboxylic acids is 2. The number of phenolic OH excluding ortho intramolecular Hbond substituents is 1. The number of oxazole rings is 1. The molecular formula is C32H40N2O5S2. The van der Waals surface area contributed by atoms with Crippen molar-refractivity contribution < 1.29 is 23.8 Å². The van der Waals surface area contributed by atoms with Crippen molar-refractivity contribution in [2.45, 2.75) is 94.5 Å². The lowest BCUT2D eigenvalue weighted by atomic mass is 9.79. The largest absolute Gasteiger partial charge is 0.507 e. The highest BCUT2D eigenvalue weighted by Gasteiger charge is 2.31. The van der Waals surface area contributed by atoms with E-state index in [-0.39, 0.29) is 32.5 Å². The van der Waals surface area contributed by atoms with Crippen molar-refractivity contribution in [2.24, 2.45) is 0 Å². The Hall–Kier alpha value is -2.91. The molecule has 1 aromatic heterocycles. The van der Waals surface area contributed by atoms with E-state index in [4.69, 9.17) is 14.1 Å². The van der Waals surface area contributed by atoms with Crippen LogP contribution in [0.1, 0.15) is 87.8 Å². The summed E-state index contributed by atoms with van der Waals surface area (Å²) in [4.78, 5) is 29.1. The number of imide groups is 1. The van der Waals surface area contributed by atoms with Gasteiger partial charge in [0.2, 0.25) is 11.8 Å². The average Bonchev–Trinajstić information content (AvgIpc) is 3.40. The van der Waals surface area contributed by atoms with Crippen LogP contribution in [0.25, 0.3) is 0 Å². The Morgan fingerprint density at radius 2 is 1.68 bits per heavy atom. The minimum absolute atomic E-state index is 0.0171. The Labute approximate surface area is 251 Å². The van der Waals surface area contributed by atoms with E-state index in [0.717, 1.165) is 50.6 Å². The van der Waals surface area contributed by atoms with Gasteiger partial charge in [-0.1, -0.05) is 65.4 Å². The fourth-order valence-electron chi connectivity index (χ4n) is 4.66. The summed E-state index contributed by atoms with van der Waals surface area (Å²) < 4.78 is 12.0. The maximum atomic E-state index is 11.8. The number of benzene rings is 2. The topological polar surface area (TPSA) is 102 Å². The molecular weight excluding hydrogens is 556 g/mol. The van der Waals surface area contributed by atoms with Gasteiger partial charge in [0, 0.05) is 22.4 Å². The van der Waals surface area contributed by atoms with Gasteiger partial charge >= 0.3 is 0 Å². The van der Waals surface area contributed by atoms with E-state index in [0.29, 0.717) is 31.1 Å². The first kappa shape index (κ1) is 31.0. The fraction of sp³-hybridized carbons (Fsp3) is 0.469. The van der Waals surface area contributed by atoms with Crippen LogP contribution < -0.4 is 10.1 Å². The van der Waals surface area contributed by atoms with E-state index in [1.807, 2.05) is 31.2 Å². The minimum atomic E-state index is -0.380. The molecule has 2 amide bonds. The lowest BCUT2D eigenvalue weighted by Gasteiger charge is -2.28. The molecule has 0 aliphatic carbocycles. The molecule has 1 fully saturated rings. The summed E-state index contributed by atoms with van der Waals surface area (Å²) in [7, 11) is 0. The number of aromatic hydroxyl groups is 1. The van der Waals surface area contributed by atoms with Gasteiger partial charge in [-0.3, -0.25) is 14.9 Å². The van der Waals surface area contributed by atoms with E-state index in [9.17, 15) is 14.7 Å². The molecule has 2 N–H and O–H groups in total. The number of hydrogen-bond donors (Lipinski definition) is 2. The van der Waals surface area contributed by atoms with E-state index in [1.165, 1.54) is 0 Å². The summed E-state index contributed by atoms with van der Waals surface area (Å²) in [6.07, 6.45) is 1.11. The molecule has 1 saturated heterocycles. The molecule has 0 saturated carbocycles. The molecule has 1 aliphatic heterocycles. The zero-order valence-electron chi connectivity index (χ0n) is 25.1. The molecule has 220 valence electrons. The number of rotatable bonds is 9. The summed E-state index contributed by atoms with van der Waals surface area (Å²) in [5, 5.41) is 12.7. The summed E-state index contributed by atoms with van der Waals surface area (Å²) in [6.45, 7) is 17.2. The van der Waals surface area contributed by atoms with Crippen LogP contribution in [0.2, 0.25) is 0 Å². The quantitative estimate of drug-likeness (QED) is 0.243. The van der Waals surface area contributed by atoms with Gasteiger partial charge in [0.25, 0.3) is 5.24 Å². The maximum Gasteiger partial charge on any atom is 0.286 e. The number of ether oxygens (including phenoxy) is 1. The monoisotopic (exact) mass is 596 g/mol. The van der Waals surface area contributed by atoms with E-state index >= 15 is 0 Å². The fourth-order valence-corrected chi connectivity index (χ4v) is 6.50. The van der Waals surface area contributed by atoms with Gasteiger partial charge in [0.15, 0.2) is 0 Å². The van der Waals surface area contributed by atoms with Crippen molar-refractivity contribution in [1.29, 1.82) is 0 Å². The summed E-state index contributed by atoms with van der Waals surface area (Å²) in [6, 6.07) is 11.8. The van der Waals surface area contributed by atoms with Crippen LogP contribution in [0.15, 0.2) is 45.7 Å². The molecule has 2 aromatic carbocycles. The molecule has 0 radical (unpaired) electrons. The normalized spacial score (nSPS) is 16.6. The first-order chi connectivity index (χ1) is 19.1. The third-order valence-electron chi connectivity index (χ3n) is 6.99. The average molecular weight is 597 g/mol. The second kappa shape index (κ2) is 12.1. The highest BCUT2D eigenvalue weighted by atomic mass is 32.2. The predicted octanol–water partition coefficient (Wildman–Crippen LogP) is 7.65. The third-order valence-corrected chi connectivity index (χ3v) is 9.03. The Morgan fingerprint density at radius 3 is 2.22 bits per heavy atom. The number of hydrogen-bond acceptors (Lipinski definition) is 8. The Kier molecular flexibility index (Phi) is 9.19. The lowest BCUT2D eigenvalue weighted by Crippen LogP contribution is -2.25. The SMILES string of the molecule is Cc1oc(C(C)Sc2cc(C(C)(C)C)c(O)c(C(C)(C)C)c2)nc1CCOc1ccc(CC2SC(=O)NC2=O)cc1. The zero-order chi connectivity index (χ0) is 30.1. The number of amides is 2. The van der Waals surface area contributed by atoms with Crippen LogP contribution in [0.4, 0.5) is 4.79 Å². The van der Waals surface area contributed by atoms with Gasteiger partial charge < -0.3 is 14.3 Å². The minimum Gasteiger partial charge on any atom is -0.507 e. The molecule has 2 heterocycles. The van der Waals surface area contributed by atoms with E-state index in [2.05, 4.69) is 65.9 Å².